The lowest BCUT2D eigenvalue weighted by Crippen LogP contribution is -2.53. The van der Waals surface area contributed by atoms with Crippen LogP contribution in [0.3, 0.4) is 0 Å². The van der Waals surface area contributed by atoms with Crippen molar-refractivity contribution in [3.8, 4) is 0 Å². The Balaban J connectivity index is 1.47. The highest BCUT2D eigenvalue weighted by Crippen LogP contribution is 2.45. The van der Waals surface area contributed by atoms with Crippen molar-refractivity contribution < 1.29 is 9.59 Å². The van der Waals surface area contributed by atoms with E-state index in [1.165, 1.54) is 16.8 Å². The van der Waals surface area contributed by atoms with Crippen LogP contribution < -0.4 is 4.90 Å². The molecule has 0 radical (unpaired) electrons. The summed E-state index contributed by atoms with van der Waals surface area (Å²) in [7, 11) is 0. The summed E-state index contributed by atoms with van der Waals surface area (Å²) < 4.78 is 0. The molecule has 1 aromatic heterocycles. The number of anilines is 1. The van der Waals surface area contributed by atoms with Crippen LogP contribution in [0.5, 0.6) is 0 Å². The van der Waals surface area contributed by atoms with E-state index in [4.69, 9.17) is 0 Å². The molecule has 0 spiro atoms. The van der Waals surface area contributed by atoms with Crippen LogP contribution in [0.2, 0.25) is 0 Å². The summed E-state index contributed by atoms with van der Waals surface area (Å²) in [6.07, 6.45) is 0. The molecule has 2 unspecified atom stereocenters. The van der Waals surface area contributed by atoms with E-state index >= 15 is 0 Å². The Kier molecular flexibility index (Phi) is 6.89. The van der Waals surface area contributed by atoms with Gasteiger partial charge in [0.2, 0.25) is 5.91 Å². The summed E-state index contributed by atoms with van der Waals surface area (Å²) in [5.41, 5.74) is 5.31. The molecule has 188 valence electrons. The third-order valence-corrected chi connectivity index (χ3v) is 8.34. The minimum Gasteiger partial charge on any atom is -0.368 e. The molecule has 36 heavy (non-hydrogen) atoms. The number of thiophene rings is 1. The largest absolute Gasteiger partial charge is 0.368 e. The summed E-state index contributed by atoms with van der Waals surface area (Å²) in [5.74, 6) is 0.0614. The molecule has 2 atom stereocenters. The van der Waals surface area contributed by atoms with Crippen LogP contribution in [0.1, 0.15) is 57.7 Å². The molecule has 3 aromatic rings. The zero-order chi connectivity index (χ0) is 25.4. The molecular weight excluding hydrogens is 466 g/mol. The third kappa shape index (κ3) is 4.55. The average Bonchev–Trinajstić information content (AvgIpc) is 3.41. The molecule has 0 aliphatic carbocycles. The van der Waals surface area contributed by atoms with Crippen LogP contribution in [0, 0.1) is 19.8 Å². The van der Waals surface area contributed by atoms with Gasteiger partial charge < -0.3 is 14.7 Å². The van der Waals surface area contributed by atoms with Gasteiger partial charge in [-0.1, -0.05) is 50.2 Å². The highest BCUT2D eigenvalue weighted by Gasteiger charge is 2.46. The van der Waals surface area contributed by atoms with E-state index in [-0.39, 0.29) is 17.9 Å². The lowest BCUT2D eigenvalue weighted by Gasteiger charge is -2.45. The Morgan fingerprint density at radius 3 is 2.44 bits per heavy atom. The van der Waals surface area contributed by atoms with Crippen LogP contribution in [0.25, 0.3) is 0 Å². The Hall–Kier alpha value is -3.12. The second kappa shape index (κ2) is 10.1. The molecule has 1 saturated heterocycles. The standard InChI is InChI=1S/C30H35N3O2S/c1-20(2)19-33-28(26-10-7-17-36-26)27(23-8-5-6-9-24(23)29(33)34)30(35)32-15-13-31(14-16-32)25-18-21(3)11-12-22(25)4/h5-12,17-18,20,27-28H,13-16,19H2,1-4H3. The van der Waals surface area contributed by atoms with E-state index in [9.17, 15) is 9.59 Å². The van der Waals surface area contributed by atoms with Crippen LogP contribution in [0.4, 0.5) is 5.69 Å². The fourth-order valence-electron chi connectivity index (χ4n) is 5.65. The maximum atomic E-state index is 14.3. The van der Waals surface area contributed by atoms with Crippen molar-refractivity contribution in [3.05, 3.63) is 87.1 Å². The predicted octanol–water partition coefficient (Wildman–Crippen LogP) is 5.65. The fraction of sp³-hybridized carbons (Fsp3) is 0.400. The number of aryl methyl sites for hydroxylation is 2. The second-order valence-electron chi connectivity index (χ2n) is 10.5. The first-order valence-electron chi connectivity index (χ1n) is 12.9. The predicted molar refractivity (Wildman–Crippen MR) is 147 cm³/mol. The number of hydrogen-bond acceptors (Lipinski definition) is 4. The molecule has 0 N–H and O–H groups in total. The first-order valence-corrected chi connectivity index (χ1v) is 13.8. The van der Waals surface area contributed by atoms with Crippen molar-refractivity contribution >= 4 is 28.8 Å². The smallest absolute Gasteiger partial charge is 0.254 e. The highest BCUT2D eigenvalue weighted by atomic mass is 32.1. The summed E-state index contributed by atoms with van der Waals surface area (Å²) in [6.45, 7) is 12.1. The Morgan fingerprint density at radius 1 is 1.00 bits per heavy atom. The van der Waals surface area contributed by atoms with Gasteiger partial charge in [-0.25, -0.2) is 0 Å². The summed E-state index contributed by atoms with van der Waals surface area (Å²) in [6, 6.07) is 18.1. The van der Waals surface area contributed by atoms with E-state index in [1.54, 1.807) is 11.3 Å². The lowest BCUT2D eigenvalue weighted by atomic mass is 9.80. The van der Waals surface area contributed by atoms with Crippen molar-refractivity contribution in [1.29, 1.82) is 0 Å². The minimum absolute atomic E-state index is 0.0292. The van der Waals surface area contributed by atoms with Gasteiger partial charge in [-0.2, -0.15) is 0 Å². The van der Waals surface area contributed by atoms with Gasteiger partial charge in [0.1, 0.15) is 0 Å². The van der Waals surface area contributed by atoms with Gasteiger partial charge >= 0.3 is 0 Å². The number of carbonyl (C=O) groups excluding carboxylic acids is 2. The molecule has 0 saturated carbocycles. The normalized spacial score (nSPS) is 20.1. The van der Waals surface area contributed by atoms with E-state index in [0.717, 1.165) is 23.5 Å². The quantitative estimate of drug-likeness (QED) is 0.454. The zero-order valence-corrected chi connectivity index (χ0v) is 22.4. The van der Waals surface area contributed by atoms with Crippen molar-refractivity contribution in [2.24, 2.45) is 5.92 Å². The number of carbonyl (C=O) groups is 2. The van der Waals surface area contributed by atoms with Crippen molar-refractivity contribution in [3.63, 3.8) is 0 Å². The van der Waals surface area contributed by atoms with Gasteiger partial charge in [0, 0.05) is 48.9 Å². The second-order valence-corrected chi connectivity index (χ2v) is 11.5. The number of fused-ring (bicyclic) bond motifs is 1. The van der Waals surface area contributed by atoms with Crippen molar-refractivity contribution in [2.45, 2.75) is 39.7 Å². The van der Waals surface area contributed by atoms with E-state index in [1.807, 2.05) is 45.5 Å². The maximum Gasteiger partial charge on any atom is 0.254 e. The number of rotatable bonds is 5. The summed E-state index contributed by atoms with van der Waals surface area (Å²) in [5, 5.41) is 2.04. The molecule has 2 aliphatic heterocycles. The Bertz CT molecular complexity index is 1240. The van der Waals surface area contributed by atoms with Gasteiger partial charge in [0.15, 0.2) is 0 Å². The molecule has 5 nitrogen and oxygen atoms in total. The van der Waals surface area contributed by atoms with Gasteiger partial charge in [-0.15, -0.1) is 11.3 Å². The van der Waals surface area contributed by atoms with Gasteiger partial charge in [0.05, 0.1) is 12.0 Å². The monoisotopic (exact) mass is 501 g/mol. The molecule has 6 heteroatoms. The molecular formula is C30H35N3O2S. The molecule has 2 amide bonds. The topological polar surface area (TPSA) is 43.9 Å². The number of piperazine rings is 1. The summed E-state index contributed by atoms with van der Waals surface area (Å²) in [4.78, 5) is 35.4. The van der Waals surface area contributed by atoms with E-state index < -0.39 is 5.92 Å². The number of benzene rings is 2. The highest BCUT2D eigenvalue weighted by molar-refractivity contribution is 7.10. The third-order valence-electron chi connectivity index (χ3n) is 7.40. The molecule has 3 heterocycles. The van der Waals surface area contributed by atoms with Crippen LogP contribution >= 0.6 is 11.3 Å². The fourth-order valence-corrected chi connectivity index (χ4v) is 6.53. The Morgan fingerprint density at radius 2 is 1.75 bits per heavy atom. The molecule has 2 aromatic carbocycles. The van der Waals surface area contributed by atoms with Crippen LogP contribution in [-0.4, -0.2) is 54.3 Å². The Labute approximate surface area is 218 Å². The van der Waals surface area contributed by atoms with Crippen molar-refractivity contribution in [2.75, 3.05) is 37.6 Å². The van der Waals surface area contributed by atoms with E-state index in [0.29, 0.717) is 31.1 Å². The number of hydrogen-bond donors (Lipinski definition) is 0. The van der Waals surface area contributed by atoms with E-state index in [2.05, 4.69) is 56.9 Å². The van der Waals surface area contributed by atoms with Crippen LogP contribution in [0.15, 0.2) is 60.0 Å². The minimum atomic E-state index is -0.399. The van der Waals surface area contributed by atoms with Crippen molar-refractivity contribution in [1.82, 2.24) is 9.80 Å². The molecule has 1 fully saturated rings. The van der Waals surface area contributed by atoms with Gasteiger partial charge in [0.25, 0.3) is 5.91 Å². The molecule has 5 rings (SSSR count). The lowest BCUT2D eigenvalue weighted by molar-refractivity contribution is -0.135. The first kappa shape index (κ1) is 24.6. The van der Waals surface area contributed by atoms with Gasteiger partial charge in [-0.05, 0) is 60.0 Å². The SMILES string of the molecule is Cc1ccc(C)c(N2CCN(C(=O)C3c4ccccc4C(=O)N(CC(C)C)C3c3cccs3)CC2)c1. The molecule has 2 aliphatic rings. The number of amides is 2. The summed E-state index contributed by atoms with van der Waals surface area (Å²) >= 11 is 1.63. The number of nitrogens with zero attached hydrogens (tertiary/aromatic N) is 3. The zero-order valence-electron chi connectivity index (χ0n) is 21.6. The first-order chi connectivity index (χ1) is 17.3. The maximum absolute atomic E-state index is 14.3. The van der Waals surface area contributed by atoms with Crippen LogP contribution in [-0.2, 0) is 4.79 Å². The van der Waals surface area contributed by atoms with Gasteiger partial charge in [-0.3, -0.25) is 9.59 Å². The molecule has 0 bridgehead atoms. The average molecular weight is 502 g/mol.